The molecule has 23 heavy (non-hydrogen) atoms. The molecule has 4 heteroatoms. The van der Waals surface area contributed by atoms with Crippen molar-refractivity contribution in [2.45, 2.75) is 0 Å². The molecule has 0 unspecified atom stereocenters. The van der Waals surface area contributed by atoms with Gasteiger partial charge in [0.05, 0.1) is 10.6 Å². The van der Waals surface area contributed by atoms with E-state index in [1.165, 1.54) is 6.07 Å². The quantitative estimate of drug-likeness (QED) is 0.438. The Kier molecular flexibility index (Phi) is 4.65. The smallest absolute Gasteiger partial charge is 0.343 e. The zero-order valence-electron chi connectivity index (χ0n) is 12.0. The highest BCUT2D eigenvalue weighted by Gasteiger charge is 2.11. The molecule has 0 heterocycles. The summed E-state index contributed by atoms with van der Waals surface area (Å²) in [5.41, 5.74) is 2.56. The molecule has 0 aromatic heterocycles. The minimum atomic E-state index is -0.478. The van der Waals surface area contributed by atoms with Crippen LogP contribution in [0.15, 0.2) is 72.8 Å². The molecular weight excluding hydrogens is 331 g/mol. The van der Waals surface area contributed by atoms with Crippen LogP contribution >= 0.6 is 23.2 Å². The predicted molar refractivity (Wildman–Crippen MR) is 93.3 cm³/mol. The first-order chi connectivity index (χ1) is 11.1. The molecular formula is C19H12Cl2O2. The number of halogens is 2. The molecule has 0 fully saturated rings. The normalized spacial score (nSPS) is 10.3. The summed E-state index contributed by atoms with van der Waals surface area (Å²) in [6, 6.07) is 21.9. The van der Waals surface area contributed by atoms with Crippen molar-refractivity contribution < 1.29 is 9.53 Å². The van der Waals surface area contributed by atoms with Crippen molar-refractivity contribution in [3.63, 3.8) is 0 Å². The van der Waals surface area contributed by atoms with E-state index < -0.39 is 5.97 Å². The third-order valence-electron chi connectivity index (χ3n) is 3.32. The lowest BCUT2D eigenvalue weighted by Crippen LogP contribution is -2.08. The highest BCUT2D eigenvalue weighted by Crippen LogP contribution is 2.28. The summed E-state index contributed by atoms with van der Waals surface area (Å²) in [4.78, 5) is 12.2. The van der Waals surface area contributed by atoms with Crippen LogP contribution in [0.25, 0.3) is 11.1 Å². The highest BCUT2D eigenvalue weighted by molar-refractivity contribution is 6.34. The molecule has 0 radical (unpaired) electrons. The van der Waals surface area contributed by atoms with Crippen LogP contribution in [-0.2, 0) is 0 Å². The van der Waals surface area contributed by atoms with E-state index in [0.717, 1.165) is 11.1 Å². The number of esters is 1. The standard InChI is InChI=1S/C19H12Cl2O2/c20-16-10-11-17(21)18(12-16)23-19(22)15-8-6-14(7-9-15)13-4-2-1-3-5-13/h1-12H. The maximum absolute atomic E-state index is 12.2. The molecule has 0 saturated carbocycles. The average molecular weight is 343 g/mol. The molecule has 0 N–H and O–H groups in total. The van der Waals surface area contributed by atoms with Crippen molar-refractivity contribution in [3.05, 3.63) is 88.4 Å². The second kappa shape index (κ2) is 6.86. The Bertz CT molecular complexity index is 828. The van der Waals surface area contributed by atoms with Crippen molar-refractivity contribution in [1.29, 1.82) is 0 Å². The molecule has 0 atom stereocenters. The summed E-state index contributed by atoms with van der Waals surface area (Å²) in [7, 11) is 0. The number of ether oxygens (including phenoxy) is 1. The van der Waals surface area contributed by atoms with Gasteiger partial charge in [-0.15, -0.1) is 0 Å². The molecule has 0 saturated heterocycles. The van der Waals surface area contributed by atoms with Crippen LogP contribution in [0.5, 0.6) is 5.75 Å². The Balaban J connectivity index is 1.79. The molecule has 2 nitrogen and oxygen atoms in total. The number of carbonyl (C=O) groups excluding carboxylic acids is 1. The van der Waals surface area contributed by atoms with Crippen LogP contribution < -0.4 is 4.74 Å². The Labute approximate surface area is 144 Å². The van der Waals surface area contributed by atoms with E-state index in [-0.39, 0.29) is 5.75 Å². The highest BCUT2D eigenvalue weighted by atomic mass is 35.5. The van der Waals surface area contributed by atoms with Crippen molar-refractivity contribution in [1.82, 2.24) is 0 Å². The molecule has 0 bridgehead atoms. The van der Waals surface area contributed by atoms with Crippen LogP contribution in [0.2, 0.25) is 10.0 Å². The van der Waals surface area contributed by atoms with Crippen molar-refractivity contribution in [2.75, 3.05) is 0 Å². The number of benzene rings is 3. The number of hydrogen-bond acceptors (Lipinski definition) is 2. The van der Waals surface area contributed by atoms with Gasteiger partial charge < -0.3 is 4.74 Å². The maximum Gasteiger partial charge on any atom is 0.343 e. The van der Waals surface area contributed by atoms with E-state index >= 15 is 0 Å². The van der Waals surface area contributed by atoms with Gasteiger partial charge in [0, 0.05) is 11.1 Å². The van der Waals surface area contributed by atoms with E-state index in [1.807, 2.05) is 42.5 Å². The number of rotatable bonds is 3. The van der Waals surface area contributed by atoms with Crippen LogP contribution in [0, 0.1) is 0 Å². The molecule has 114 valence electrons. The molecule has 0 spiro atoms. The summed E-state index contributed by atoms with van der Waals surface area (Å²) < 4.78 is 5.30. The first kappa shape index (κ1) is 15.6. The van der Waals surface area contributed by atoms with E-state index in [0.29, 0.717) is 15.6 Å². The Hall–Kier alpha value is -2.29. The molecule has 0 aliphatic carbocycles. The molecule has 0 aliphatic rings. The summed E-state index contributed by atoms with van der Waals surface area (Å²) in [6.07, 6.45) is 0. The molecule has 0 aliphatic heterocycles. The molecule has 3 aromatic carbocycles. The van der Waals surface area contributed by atoms with Gasteiger partial charge in [0.1, 0.15) is 0 Å². The fourth-order valence-electron chi connectivity index (χ4n) is 2.14. The zero-order chi connectivity index (χ0) is 16.2. The fourth-order valence-corrected chi connectivity index (χ4v) is 2.46. The van der Waals surface area contributed by atoms with Crippen molar-refractivity contribution in [3.8, 4) is 16.9 Å². The maximum atomic E-state index is 12.2. The van der Waals surface area contributed by atoms with Gasteiger partial charge in [0.15, 0.2) is 5.75 Å². The van der Waals surface area contributed by atoms with Gasteiger partial charge >= 0.3 is 5.97 Å². The van der Waals surface area contributed by atoms with Gasteiger partial charge in [-0.2, -0.15) is 0 Å². The average Bonchev–Trinajstić information content (AvgIpc) is 2.59. The SMILES string of the molecule is O=C(Oc1cc(Cl)ccc1Cl)c1ccc(-c2ccccc2)cc1. The largest absolute Gasteiger partial charge is 0.421 e. The van der Waals surface area contributed by atoms with Crippen LogP contribution in [0.3, 0.4) is 0 Å². The van der Waals surface area contributed by atoms with E-state index in [1.54, 1.807) is 24.3 Å². The fraction of sp³-hybridized carbons (Fsp3) is 0. The zero-order valence-corrected chi connectivity index (χ0v) is 13.5. The van der Waals surface area contributed by atoms with Crippen molar-refractivity contribution >= 4 is 29.2 Å². The number of hydrogen-bond donors (Lipinski definition) is 0. The second-order valence-corrected chi connectivity index (χ2v) is 5.75. The predicted octanol–water partition coefficient (Wildman–Crippen LogP) is 5.88. The van der Waals surface area contributed by atoms with E-state index in [4.69, 9.17) is 27.9 Å². The van der Waals surface area contributed by atoms with Gasteiger partial charge in [-0.05, 0) is 35.4 Å². The minimum Gasteiger partial charge on any atom is -0.421 e. The Morgan fingerprint density at radius 3 is 2.13 bits per heavy atom. The number of carbonyl (C=O) groups is 1. The summed E-state index contributed by atoms with van der Waals surface area (Å²) in [5, 5.41) is 0.792. The lowest BCUT2D eigenvalue weighted by Gasteiger charge is -2.07. The first-order valence-electron chi connectivity index (χ1n) is 6.96. The van der Waals surface area contributed by atoms with E-state index in [2.05, 4.69) is 0 Å². The summed E-state index contributed by atoms with van der Waals surface area (Å²) >= 11 is 11.9. The van der Waals surface area contributed by atoms with Gasteiger partial charge in [-0.25, -0.2) is 4.79 Å². The molecule has 3 aromatic rings. The van der Waals surface area contributed by atoms with Crippen LogP contribution in [0.4, 0.5) is 0 Å². The van der Waals surface area contributed by atoms with Crippen LogP contribution in [-0.4, -0.2) is 5.97 Å². The van der Waals surface area contributed by atoms with Gasteiger partial charge in [0.25, 0.3) is 0 Å². The topological polar surface area (TPSA) is 26.3 Å². The van der Waals surface area contributed by atoms with E-state index in [9.17, 15) is 4.79 Å². The molecule has 0 amide bonds. The third-order valence-corrected chi connectivity index (χ3v) is 3.87. The summed E-state index contributed by atoms with van der Waals surface area (Å²) in [6.45, 7) is 0. The van der Waals surface area contributed by atoms with Gasteiger partial charge in [-0.3, -0.25) is 0 Å². The Morgan fingerprint density at radius 2 is 1.43 bits per heavy atom. The van der Waals surface area contributed by atoms with Crippen molar-refractivity contribution in [2.24, 2.45) is 0 Å². The monoisotopic (exact) mass is 342 g/mol. The summed E-state index contributed by atoms with van der Waals surface area (Å²) in [5.74, 6) is -0.231. The second-order valence-electron chi connectivity index (χ2n) is 4.91. The van der Waals surface area contributed by atoms with Gasteiger partial charge in [0.2, 0.25) is 0 Å². The third kappa shape index (κ3) is 3.73. The Morgan fingerprint density at radius 1 is 0.783 bits per heavy atom. The lowest BCUT2D eigenvalue weighted by molar-refractivity contribution is 0.0735. The molecule has 3 rings (SSSR count). The minimum absolute atomic E-state index is 0.247. The first-order valence-corrected chi connectivity index (χ1v) is 7.72. The van der Waals surface area contributed by atoms with Crippen LogP contribution in [0.1, 0.15) is 10.4 Å². The van der Waals surface area contributed by atoms with Gasteiger partial charge in [-0.1, -0.05) is 65.7 Å². The lowest BCUT2D eigenvalue weighted by atomic mass is 10.0.